The summed E-state index contributed by atoms with van der Waals surface area (Å²) in [5.41, 5.74) is 1.59. The average molecular weight is 504 g/mol. The van der Waals surface area contributed by atoms with E-state index in [9.17, 15) is 14.4 Å². The van der Waals surface area contributed by atoms with Gasteiger partial charge in [0.15, 0.2) is 0 Å². The molecule has 10 heteroatoms. The van der Waals surface area contributed by atoms with Gasteiger partial charge in [0.05, 0.1) is 11.4 Å². The summed E-state index contributed by atoms with van der Waals surface area (Å²) in [6, 6.07) is 6.97. The molecular weight excluding hydrogens is 487 g/mol. The van der Waals surface area contributed by atoms with Crippen LogP contribution in [0.1, 0.15) is 47.8 Å². The van der Waals surface area contributed by atoms with Crippen molar-refractivity contribution in [2.24, 2.45) is 0 Å². The predicted octanol–water partition coefficient (Wildman–Crippen LogP) is 1.50. The molecule has 148 valence electrons. The third-order valence-electron chi connectivity index (χ3n) is 4.45. The van der Waals surface area contributed by atoms with Gasteiger partial charge in [0, 0.05) is 15.6 Å². The molecule has 2 N–H and O–H groups in total. The molecule has 0 bridgehead atoms. The fraction of sp³-hybridized carbons (Fsp3) is 0.263. The fourth-order valence-corrected chi connectivity index (χ4v) is 3.85. The first-order valence-electron chi connectivity index (χ1n) is 8.73. The number of nitrogens with one attached hydrogen (secondary N) is 2. The molecule has 0 saturated carbocycles. The van der Waals surface area contributed by atoms with Crippen molar-refractivity contribution in [1.82, 2.24) is 25.0 Å². The summed E-state index contributed by atoms with van der Waals surface area (Å²) in [5, 5.41) is 19.5. The predicted molar refractivity (Wildman–Crippen MR) is 114 cm³/mol. The van der Waals surface area contributed by atoms with Gasteiger partial charge in [-0.25, -0.2) is 9.89 Å². The van der Waals surface area contributed by atoms with Gasteiger partial charge in [-0.05, 0) is 64.8 Å². The van der Waals surface area contributed by atoms with Crippen molar-refractivity contribution in [2.45, 2.75) is 33.1 Å². The van der Waals surface area contributed by atoms with Crippen molar-refractivity contribution in [2.75, 3.05) is 0 Å². The second-order valence-electron chi connectivity index (χ2n) is 6.83. The SMILES string of the molecule is Cc1cc(-n2nc(C#N)c(=O)[nH]c2=O)cc(I)c1Cc1cc(C(C)C)c(=O)[nH]n1. The number of benzene rings is 1. The van der Waals surface area contributed by atoms with Crippen LogP contribution in [0.15, 0.2) is 32.6 Å². The number of aryl methyl sites for hydroxylation is 1. The summed E-state index contributed by atoms with van der Waals surface area (Å²) < 4.78 is 1.85. The lowest BCUT2D eigenvalue weighted by atomic mass is 10.00. The molecule has 0 aliphatic heterocycles. The van der Waals surface area contributed by atoms with Gasteiger partial charge in [-0.1, -0.05) is 13.8 Å². The van der Waals surface area contributed by atoms with E-state index in [0.29, 0.717) is 17.7 Å². The Balaban J connectivity index is 2.05. The monoisotopic (exact) mass is 504 g/mol. The Morgan fingerprint density at radius 1 is 1.21 bits per heavy atom. The zero-order chi connectivity index (χ0) is 21.3. The van der Waals surface area contributed by atoms with Crippen LogP contribution in [0.4, 0.5) is 0 Å². The lowest BCUT2D eigenvalue weighted by Gasteiger charge is -2.13. The Kier molecular flexibility index (Phi) is 5.78. The number of nitrogens with zero attached hydrogens (tertiary/aromatic N) is 4. The molecule has 0 aliphatic carbocycles. The van der Waals surface area contributed by atoms with E-state index in [1.54, 1.807) is 24.3 Å². The molecule has 1 aromatic carbocycles. The van der Waals surface area contributed by atoms with Crippen molar-refractivity contribution in [3.05, 3.63) is 81.0 Å². The average Bonchev–Trinajstić information content (AvgIpc) is 2.65. The zero-order valence-electron chi connectivity index (χ0n) is 15.9. The largest absolute Gasteiger partial charge is 0.349 e. The van der Waals surface area contributed by atoms with Crippen LogP contribution in [0.3, 0.4) is 0 Å². The van der Waals surface area contributed by atoms with Crippen molar-refractivity contribution in [1.29, 1.82) is 5.26 Å². The van der Waals surface area contributed by atoms with Crippen molar-refractivity contribution < 1.29 is 0 Å². The van der Waals surface area contributed by atoms with Crippen LogP contribution >= 0.6 is 22.6 Å². The van der Waals surface area contributed by atoms with E-state index in [1.807, 2.05) is 20.8 Å². The topological polar surface area (TPSA) is 137 Å². The van der Waals surface area contributed by atoms with E-state index in [0.717, 1.165) is 25.1 Å². The Morgan fingerprint density at radius 2 is 1.93 bits per heavy atom. The van der Waals surface area contributed by atoms with Crippen molar-refractivity contribution >= 4 is 22.6 Å². The summed E-state index contributed by atoms with van der Waals surface area (Å²) >= 11 is 2.15. The number of nitriles is 1. The first kappa shape index (κ1) is 20.7. The molecule has 0 amide bonds. The van der Waals surface area contributed by atoms with E-state index in [2.05, 4.69) is 42.9 Å². The molecule has 0 aliphatic rings. The number of hydrogen-bond donors (Lipinski definition) is 2. The molecule has 0 radical (unpaired) electrons. The summed E-state index contributed by atoms with van der Waals surface area (Å²) in [7, 11) is 0. The summed E-state index contributed by atoms with van der Waals surface area (Å²) in [6.45, 7) is 5.78. The molecule has 9 nitrogen and oxygen atoms in total. The van der Waals surface area contributed by atoms with Crippen LogP contribution in [0.25, 0.3) is 5.69 Å². The van der Waals surface area contributed by atoms with Crippen LogP contribution in [-0.2, 0) is 6.42 Å². The maximum absolute atomic E-state index is 12.1. The quantitative estimate of drug-likeness (QED) is 0.517. The normalized spacial score (nSPS) is 10.9. The minimum absolute atomic E-state index is 0.0792. The molecule has 0 atom stereocenters. The molecule has 3 aromatic rings. The Labute approximate surface area is 178 Å². The van der Waals surface area contributed by atoms with Gasteiger partial charge in [0.1, 0.15) is 6.07 Å². The van der Waals surface area contributed by atoms with Crippen molar-refractivity contribution in [3.63, 3.8) is 0 Å². The molecule has 3 rings (SSSR count). The van der Waals surface area contributed by atoms with Gasteiger partial charge in [-0.15, -0.1) is 5.10 Å². The van der Waals surface area contributed by atoms with E-state index in [4.69, 9.17) is 5.26 Å². The Hall–Kier alpha value is -3.07. The second kappa shape index (κ2) is 8.12. The summed E-state index contributed by atoms with van der Waals surface area (Å²) in [6.07, 6.45) is 0.498. The smallest absolute Gasteiger partial charge is 0.270 e. The third kappa shape index (κ3) is 4.19. The number of aromatic amines is 2. The van der Waals surface area contributed by atoms with E-state index >= 15 is 0 Å². The minimum Gasteiger partial charge on any atom is -0.270 e. The highest BCUT2D eigenvalue weighted by Crippen LogP contribution is 2.23. The lowest BCUT2D eigenvalue weighted by Crippen LogP contribution is -2.33. The molecule has 0 fully saturated rings. The van der Waals surface area contributed by atoms with Crippen LogP contribution in [-0.4, -0.2) is 25.0 Å². The van der Waals surface area contributed by atoms with Crippen LogP contribution in [0, 0.1) is 21.8 Å². The van der Waals surface area contributed by atoms with Crippen molar-refractivity contribution in [3.8, 4) is 11.8 Å². The highest BCUT2D eigenvalue weighted by atomic mass is 127. The summed E-state index contributed by atoms with van der Waals surface area (Å²) in [5.74, 6) is 0.0792. The fourth-order valence-electron chi connectivity index (χ4n) is 2.92. The Morgan fingerprint density at radius 3 is 2.55 bits per heavy atom. The standard InChI is InChI=1S/C19H17IN6O3/c1-9(2)13-5-11(23-24-17(13)27)6-14-10(3)4-12(7-15(14)20)26-19(29)22-18(28)16(8-21)25-26/h4-5,7,9H,6H2,1-3H3,(H,24,27)(H,22,28,29). The second-order valence-corrected chi connectivity index (χ2v) is 7.99. The number of H-pyrrole nitrogens is 2. The molecular formula is C19H17IN6O3. The van der Waals surface area contributed by atoms with Crippen LogP contribution < -0.4 is 16.8 Å². The number of halogens is 1. The molecule has 0 unspecified atom stereocenters. The van der Waals surface area contributed by atoms with Crippen LogP contribution in [0.2, 0.25) is 0 Å². The molecule has 0 saturated heterocycles. The maximum atomic E-state index is 12.1. The van der Waals surface area contributed by atoms with Gasteiger partial charge in [-0.2, -0.15) is 15.0 Å². The Bertz CT molecular complexity index is 1290. The molecule has 2 heterocycles. The number of aromatic nitrogens is 5. The van der Waals surface area contributed by atoms with Gasteiger partial charge in [-0.3, -0.25) is 14.6 Å². The molecule has 0 spiro atoms. The van der Waals surface area contributed by atoms with Gasteiger partial charge in [0.2, 0.25) is 5.69 Å². The molecule has 2 aromatic heterocycles. The lowest BCUT2D eigenvalue weighted by molar-refractivity contribution is 0.738. The van der Waals surface area contributed by atoms with Gasteiger partial charge < -0.3 is 0 Å². The van der Waals surface area contributed by atoms with E-state index in [-0.39, 0.29) is 17.2 Å². The third-order valence-corrected chi connectivity index (χ3v) is 5.41. The first-order chi connectivity index (χ1) is 13.7. The first-order valence-corrected chi connectivity index (χ1v) is 9.80. The van der Waals surface area contributed by atoms with E-state index in [1.165, 1.54) is 0 Å². The highest BCUT2D eigenvalue weighted by Gasteiger charge is 2.14. The van der Waals surface area contributed by atoms with E-state index < -0.39 is 11.2 Å². The number of rotatable bonds is 4. The maximum Gasteiger partial charge on any atom is 0.349 e. The van der Waals surface area contributed by atoms with Crippen LogP contribution in [0.5, 0.6) is 0 Å². The van der Waals surface area contributed by atoms with Gasteiger partial charge >= 0.3 is 5.69 Å². The number of hydrogen-bond acceptors (Lipinski definition) is 6. The summed E-state index contributed by atoms with van der Waals surface area (Å²) in [4.78, 5) is 37.7. The molecule has 29 heavy (non-hydrogen) atoms. The van der Waals surface area contributed by atoms with Gasteiger partial charge in [0.25, 0.3) is 11.1 Å². The zero-order valence-corrected chi connectivity index (χ0v) is 18.1. The highest BCUT2D eigenvalue weighted by molar-refractivity contribution is 14.1. The minimum atomic E-state index is -0.818.